The van der Waals surface area contributed by atoms with Gasteiger partial charge < -0.3 is 9.84 Å². The summed E-state index contributed by atoms with van der Waals surface area (Å²) >= 11 is 0. The third-order valence-electron chi connectivity index (χ3n) is 2.82. The standard InChI is InChI=1S/C14H12N2O5/c1-9-5-6-11(7-15-9)21-8-10-3-2-4-12(16(19)20)13(10)14(17)18/h2-7H,8H2,1H3,(H,17,18). The molecule has 108 valence electrons. The molecule has 7 nitrogen and oxygen atoms in total. The lowest BCUT2D eigenvalue weighted by molar-refractivity contribution is -0.385. The quantitative estimate of drug-likeness (QED) is 0.670. The van der Waals surface area contributed by atoms with Gasteiger partial charge >= 0.3 is 5.97 Å². The third kappa shape index (κ3) is 3.33. The molecule has 0 bridgehead atoms. The predicted molar refractivity (Wildman–Crippen MR) is 73.4 cm³/mol. The molecule has 1 aromatic carbocycles. The fourth-order valence-electron chi connectivity index (χ4n) is 1.81. The molecule has 2 rings (SSSR count). The number of hydrogen-bond donors (Lipinski definition) is 1. The summed E-state index contributed by atoms with van der Waals surface area (Å²) in [6, 6.07) is 7.51. The molecule has 0 atom stereocenters. The van der Waals surface area contributed by atoms with Crippen LogP contribution in [-0.4, -0.2) is 21.0 Å². The highest BCUT2D eigenvalue weighted by Crippen LogP contribution is 2.23. The monoisotopic (exact) mass is 288 g/mol. The van der Waals surface area contributed by atoms with E-state index < -0.39 is 16.6 Å². The van der Waals surface area contributed by atoms with Crippen LogP contribution in [0.4, 0.5) is 5.69 Å². The Kier molecular flexibility index (Phi) is 4.13. The van der Waals surface area contributed by atoms with Crippen molar-refractivity contribution in [3.8, 4) is 5.75 Å². The number of carbonyl (C=O) groups is 1. The van der Waals surface area contributed by atoms with Gasteiger partial charge in [0, 0.05) is 17.3 Å². The first-order chi connectivity index (χ1) is 9.99. The van der Waals surface area contributed by atoms with E-state index in [4.69, 9.17) is 9.84 Å². The van der Waals surface area contributed by atoms with Gasteiger partial charge in [0.15, 0.2) is 0 Å². The van der Waals surface area contributed by atoms with E-state index in [1.165, 1.54) is 18.3 Å². The molecule has 0 amide bonds. The van der Waals surface area contributed by atoms with Gasteiger partial charge in [0.25, 0.3) is 5.69 Å². The molecule has 0 aliphatic carbocycles. The van der Waals surface area contributed by atoms with Crippen molar-refractivity contribution < 1.29 is 19.6 Å². The number of rotatable bonds is 5. The molecule has 0 spiro atoms. The summed E-state index contributed by atoms with van der Waals surface area (Å²) in [5.41, 5.74) is 0.245. The number of aromatic carboxylic acids is 1. The van der Waals surface area contributed by atoms with Gasteiger partial charge in [-0.15, -0.1) is 0 Å². The summed E-state index contributed by atoms with van der Waals surface area (Å²) in [7, 11) is 0. The minimum absolute atomic E-state index is 0.0892. The van der Waals surface area contributed by atoms with Crippen LogP contribution in [0.25, 0.3) is 0 Å². The number of benzene rings is 1. The molecular formula is C14H12N2O5. The average molecular weight is 288 g/mol. The van der Waals surface area contributed by atoms with E-state index in [2.05, 4.69) is 4.98 Å². The molecule has 1 aromatic heterocycles. The fourth-order valence-corrected chi connectivity index (χ4v) is 1.81. The Bertz CT molecular complexity index is 682. The first kappa shape index (κ1) is 14.4. The molecule has 0 aliphatic heterocycles. The average Bonchev–Trinajstić information content (AvgIpc) is 2.46. The van der Waals surface area contributed by atoms with Crippen LogP contribution < -0.4 is 4.74 Å². The first-order valence-electron chi connectivity index (χ1n) is 6.04. The number of carboxylic acids is 1. The Morgan fingerprint density at radius 3 is 2.71 bits per heavy atom. The van der Waals surface area contributed by atoms with Crippen LogP contribution in [0.5, 0.6) is 5.75 Å². The van der Waals surface area contributed by atoms with Crippen molar-refractivity contribution in [3.05, 3.63) is 63.5 Å². The number of nitrogens with zero attached hydrogens (tertiary/aromatic N) is 2. The number of pyridine rings is 1. The smallest absolute Gasteiger partial charge is 0.343 e. The van der Waals surface area contributed by atoms with Gasteiger partial charge in [-0.2, -0.15) is 0 Å². The lowest BCUT2D eigenvalue weighted by Gasteiger charge is -2.09. The van der Waals surface area contributed by atoms with E-state index in [1.54, 1.807) is 12.1 Å². The Labute approximate surface area is 120 Å². The topological polar surface area (TPSA) is 103 Å². The number of nitro groups is 1. The highest BCUT2D eigenvalue weighted by Gasteiger charge is 2.23. The van der Waals surface area contributed by atoms with Gasteiger partial charge in [0.2, 0.25) is 0 Å². The van der Waals surface area contributed by atoms with Crippen molar-refractivity contribution in [2.45, 2.75) is 13.5 Å². The zero-order valence-electron chi connectivity index (χ0n) is 11.1. The highest BCUT2D eigenvalue weighted by molar-refractivity contribution is 5.94. The third-order valence-corrected chi connectivity index (χ3v) is 2.82. The molecule has 2 aromatic rings. The number of aromatic nitrogens is 1. The second-order valence-electron chi connectivity index (χ2n) is 4.30. The second kappa shape index (κ2) is 6.00. The van der Waals surface area contributed by atoms with E-state index in [0.717, 1.165) is 11.8 Å². The van der Waals surface area contributed by atoms with Crippen molar-refractivity contribution >= 4 is 11.7 Å². The number of hydrogen-bond acceptors (Lipinski definition) is 5. The molecule has 0 fully saturated rings. The lowest BCUT2D eigenvalue weighted by atomic mass is 10.1. The Morgan fingerprint density at radius 1 is 1.38 bits per heavy atom. The summed E-state index contributed by atoms with van der Waals surface area (Å²) < 4.78 is 5.42. The summed E-state index contributed by atoms with van der Waals surface area (Å²) in [6.07, 6.45) is 1.51. The molecular weight excluding hydrogens is 276 g/mol. The maximum absolute atomic E-state index is 11.2. The van der Waals surface area contributed by atoms with Crippen LogP contribution in [-0.2, 0) is 6.61 Å². The fraction of sp³-hybridized carbons (Fsp3) is 0.143. The van der Waals surface area contributed by atoms with Crippen LogP contribution in [0, 0.1) is 17.0 Å². The number of aryl methyl sites for hydroxylation is 1. The van der Waals surface area contributed by atoms with Gasteiger partial charge in [-0.05, 0) is 19.1 Å². The van der Waals surface area contributed by atoms with E-state index >= 15 is 0 Å². The zero-order valence-corrected chi connectivity index (χ0v) is 11.1. The molecule has 0 radical (unpaired) electrons. The normalized spacial score (nSPS) is 10.1. The molecule has 7 heteroatoms. The van der Waals surface area contributed by atoms with E-state index in [9.17, 15) is 14.9 Å². The minimum atomic E-state index is -1.36. The highest BCUT2D eigenvalue weighted by atomic mass is 16.6. The molecule has 0 unspecified atom stereocenters. The molecule has 0 saturated heterocycles. The van der Waals surface area contributed by atoms with Crippen LogP contribution in [0.2, 0.25) is 0 Å². The van der Waals surface area contributed by atoms with Crippen molar-refractivity contribution in [1.82, 2.24) is 4.98 Å². The zero-order chi connectivity index (χ0) is 15.4. The summed E-state index contributed by atoms with van der Waals surface area (Å²) in [5.74, 6) is -0.897. The predicted octanol–water partition coefficient (Wildman–Crippen LogP) is 2.58. The molecule has 0 saturated carbocycles. The number of carboxylic acid groups (broad SMARTS) is 1. The summed E-state index contributed by atoms with van der Waals surface area (Å²) in [6.45, 7) is 1.74. The number of ether oxygens (including phenoxy) is 1. The second-order valence-corrected chi connectivity index (χ2v) is 4.30. The Hall–Kier alpha value is -2.96. The van der Waals surface area contributed by atoms with Gasteiger partial charge in [-0.25, -0.2) is 4.79 Å². The van der Waals surface area contributed by atoms with Crippen molar-refractivity contribution in [1.29, 1.82) is 0 Å². The van der Waals surface area contributed by atoms with Gasteiger partial charge in [-0.3, -0.25) is 15.1 Å². The Balaban J connectivity index is 2.27. The molecule has 21 heavy (non-hydrogen) atoms. The van der Waals surface area contributed by atoms with Crippen molar-refractivity contribution in [2.24, 2.45) is 0 Å². The van der Waals surface area contributed by atoms with Crippen LogP contribution >= 0.6 is 0 Å². The molecule has 1 heterocycles. The van der Waals surface area contributed by atoms with E-state index in [0.29, 0.717) is 5.75 Å². The largest absolute Gasteiger partial charge is 0.487 e. The molecule has 1 N–H and O–H groups in total. The maximum atomic E-state index is 11.2. The van der Waals surface area contributed by atoms with Crippen molar-refractivity contribution in [3.63, 3.8) is 0 Å². The lowest BCUT2D eigenvalue weighted by Crippen LogP contribution is -2.09. The molecule has 0 aliphatic rings. The summed E-state index contributed by atoms with van der Waals surface area (Å²) in [4.78, 5) is 25.4. The summed E-state index contributed by atoms with van der Waals surface area (Å²) in [5, 5.41) is 20.0. The van der Waals surface area contributed by atoms with Gasteiger partial charge in [-0.1, -0.05) is 12.1 Å². The van der Waals surface area contributed by atoms with Crippen molar-refractivity contribution in [2.75, 3.05) is 0 Å². The van der Waals surface area contributed by atoms with Gasteiger partial charge in [0.1, 0.15) is 17.9 Å². The van der Waals surface area contributed by atoms with E-state index in [1.807, 2.05) is 6.92 Å². The maximum Gasteiger partial charge on any atom is 0.343 e. The van der Waals surface area contributed by atoms with Crippen LogP contribution in [0.15, 0.2) is 36.5 Å². The van der Waals surface area contributed by atoms with Crippen LogP contribution in [0.3, 0.4) is 0 Å². The SMILES string of the molecule is Cc1ccc(OCc2cccc([N+](=O)[O-])c2C(=O)O)cn1. The first-order valence-corrected chi connectivity index (χ1v) is 6.04. The Morgan fingerprint density at radius 2 is 2.14 bits per heavy atom. The van der Waals surface area contributed by atoms with Crippen LogP contribution in [0.1, 0.15) is 21.6 Å². The number of nitro benzene ring substituents is 1. The van der Waals surface area contributed by atoms with E-state index in [-0.39, 0.29) is 17.7 Å². The van der Waals surface area contributed by atoms with Gasteiger partial charge in [0.05, 0.1) is 11.1 Å². The minimum Gasteiger partial charge on any atom is -0.487 e.